The summed E-state index contributed by atoms with van der Waals surface area (Å²) >= 11 is 0. The molecule has 0 bridgehead atoms. The van der Waals surface area contributed by atoms with Gasteiger partial charge in [0.05, 0.1) is 13.2 Å². The third-order valence-electron chi connectivity index (χ3n) is 19.6. The van der Waals surface area contributed by atoms with Gasteiger partial charge in [0.15, 0.2) is 6.10 Å². The van der Waals surface area contributed by atoms with E-state index in [9.17, 15) is 19.0 Å². The largest absolute Gasteiger partial charge is 0.472 e. The molecule has 2 unspecified atom stereocenters. The number of unbranched alkanes of at least 4 members (excludes halogenated alkanes) is 65. The van der Waals surface area contributed by atoms with Crippen molar-refractivity contribution in [3.05, 3.63) is 24.3 Å². The molecular weight excluding hydrogens is 1180 g/mol. The number of allylic oxidation sites excluding steroid dienone is 4. The second-order valence-corrected chi connectivity index (χ2v) is 30.5. The molecule has 0 radical (unpaired) electrons. The molecule has 0 heterocycles. The van der Waals surface area contributed by atoms with Gasteiger partial charge >= 0.3 is 19.8 Å². The molecule has 0 spiro atoms. The molecule has 0 aromatic carbocycles. The van der Waals surface area contributed by atoms with Gasteiger partial charge in [-0.2, -0.15) is 0 Å². The number of esters is 2. The Morgan fingerprint density at radius 2 is 0.553 bits per heavy atom. The molecule has 10 heteroatoms. The molecule has 0 aliphatic rings. The SMILES string of the molecule is CCCCCCC/C=C\C/C=C\CCCCCCCCCCCCCCCCCCCCCCCCCC(=O)OC(COC(=O)CCCCCCCCCCCCCCCCCCCCCCCCCCCCCCCCCCCCCCCC)COP(=O)(O)OCCN. The van der Waals surface area contributed by atoms with Crippen molar-refractivity contribution in [1.82, 2.24) is 0 Å². The van der Waals surface area contributed by atoms with Crippen LogP contribution < -0.4 is 5.73 Å². The Morgan fingerprint density at radius 1 is 0.319 bits per heavy atom. The highest BCUT2D eigenvalue weighted by atomic mass is 31.2. The van der Waals surface area contributed by atoms with Gasteiger partial charge in [0.2, 0.25) is 0 Å². The molecule has 3 N–H and O–H groups in total. The number of rotatable bonds is 82. The fourth-order valence-corrected chi connectivity index (χ4v) is 14.1. The zero-order chi connectivity index (χ0) is 67.9. The molecule has 94 heavy (non-hydrogen) atoms. The molecule has 0 amide bonds. The van der Waals surface area contributed by atoms with Crippen LogP contribution >= 0.6 is 7.82 Å². The quantitative estimate of drug-likeness (QED) is 0.0264. The van der Waals surface area contributed by atoms with E-state index in [1.54, 1.807) is 0 Å². The van der Waals surface area contributed by atoms with Crippen molar-refractivity contribution in [3.63, 3.8) is 0 Å². The standard InChI is InChI=1S/C84H164NO8P/c1-3-5-7-9-11-13-15-17-19-21-23-25-27-29-31-33-35-37-39-40-41-43-44-46-48-50-52-54-56-58-60-62-64-66-68-70-72-74-76-83(86)90-80-82(81-92-94(88,89)91-79-78-85)93-84(87)77-75-73-71-69-67-65-63-61-59-57-55-53-51-49-47-45-42-38-36-34-32-30-28-26-24-22-20-18-16-14-12-10-8-6-4-2/h16,18,22,24,82H,3-15,17,19-21,23,25-81,85H2,1-2H3,(H,88,89)/b18-16-,24-22-. The highest BCUT2D eigenvalue weighted by Crippen LogP contribution is 2.43. The number of ether oxygens (including phenoxy) is 2. The van der Waals surface area contributed by atoms with E-state index in [0.717, 1.165) is 38.5 Å². The van der Waals surface area contributed by atoms with Crippen LogP contribution in [-0.4, -0.2) is 49.3 Å². The van der Waals surface area contributed by atoms with Crippen LogP contribution in [0.3, 0.4) is 0 Å². The Bertz CT molecular complexity index is 1590. The van der Waals surface area contributed by atoms with Gasteiger partial charge in [-0.15, -0.1) is 0 Å². The minimum Gasteiger partial charge on any atom is -0.462 e. The van der Waals surface area contributed by atoms with Crippen molar-refractivity contribution < 1.29 is 37.6 Å². The Morgan fingerprint density at radius 3 is 0.809 bits per heavy atom. The maximum absolute atomic E-state index is 12.8. The monoisotopic (exact) mass is 1350 g/mol. The van der Waals surface area contributed by atoms with Gasteiger partial charge in [0.25, 0.3) is 0 Å². The number of carbonyl (C=O) groups is 2. The predicted molar refractivity (Wildman–Crippen MR) is 409 cm³/mol. The third kappa shape index (κ3) is 79.5. The third-order valence-corrected chi connectivity index (χ3v) is 20.6. The summed E-state index contributed by atoms with van der Waals surface area (Å²) in [6, 6.07) is 0. The molecule has 0 aliphatic carbocycles. The molecule has 0 aliphatic heterocycles. The lowest BCUT2D eigenvalue weighted by Crippen LogP contribution is -2.29. The van der Waals surface area contributed by atoms with Gasteiger partial charge in [0, 0.05) is 19.4 Å². The van der Waals surface area contributed by atoms with Crippen molar-refractivity contribution in [2.75, 3.05) is 26.4 Å². The van der Waals surface area contributed by atoms with Crippen LogP contribution in [0, 0.1) is 0 Å². The van der Waals surface area contributed by atoms with Crippen LogP contribution in [0.4, 0.5) is 0 Å². The number of phosphoric ester groups is 1. The van der Waals surface area contributed by atoms with E-state index in [4.69, 9.17) is 24.3 Å². The average Bonchev–Trinajstić information content (AvgIpc) is 3.26. The highest BCUT2D eigenvalue weighted by Gasteiger charge is 2.26. The summed E-state index contributed by atoms with van der Waals surface area (Å²) in [5.41, 5.74) is 5.42. The van der Waals surface area contributed by atoms with Gasteiger partial charge in [-0.05, 0) is 44.9 Å². The summed E-state index contributed by atoms with van der Waals surface area (Å²) in [6.07, 6.45) is 102. The normalized spacial score (nSPS) is 12.9. The number of phosphoric acid groups is 1. The van der Waals surface area contributed by atoms with Crippen LogP contribution in [0.25, 0.3) is 0 Å². The second-order valence-electron chi connectivity index (χ2n) is 29.1. The maximum atomic E-state index is 12.8. The number of carbonyl (C=O) groups excluding carboxylic acids is 2. The van der Waals surface area contributed by atoms with Crippen molar-refractivity contribution in [1.29, 1.82) is 0 Å². The van der Waals surface area contributed by atoms with E-state index in [1.165, 1.54) is 398 Å². The fourth-order valence-electron chi connectivity index (χ4n) is 13.3. The van der Waals surface area contributed by atoms with E-state index in [2.05, 4.69) is 38.2 Å². The lowest BCUT2D eigenvalue weighted by Gasteiger charge is -2.19. The lowest BCUT2D eigenvalue weighted by atomic mass is 10.0. The summed E-state index contributed by atoms with van der Waals surface area (Å²) in [5, 5.41) is 0. The molecule has 0 aromatic heterocycles. The Hall–Kier alpha value is -1.51. The fraction of sp³-hybridized carbons (Fsp3) is 0.929. The van der Waals surface area contributed by atoms with Gasteiger partial charge in [-0.1, -0.05) is 436 Å². The first-order valence-corrected chi connectivity index (χ1v) is 43.8. The summed E-state index contributed by atoms with van der Waals surface area (Å²) in [7, 11) is -4.39. The Balaban J connectivity index is 3.71. The zero-order valence-corrected chi connectivity index (χ0v) is 64.1. The molecule has 0 rings (SSSR count). The van der Waals surface area contributed by atoms with Gasteiger partial charge in [-0.3, -0.25) is 18.6 Å². The van der Waals surface area contributed by atoms with Crippen LogP contribution in [0.2, 0.25) is 0 Å². The molecule has 558 valence electrons. The molecule has 0 fully saturated rings. The van der Waals surface area contributed by atoms with E-state index >= 15 is 0 Å². The van der Waals surface area contributed by atoms with Gasteiger partial charge in [0.1, 0.15) is 6.61 Å². The summed E-state index contributed by atoms with van der Waals surface area (Å²) in [6.45, 7) is 3.84. The smallest absolute Gasteiger partial charge is 0.462 e. The summed E-state index contributed by atoms with van der Waals surface area (Å²) < 4.78 is 33.3. The lowest BCUT2D eigenvalue weighted by molar-refractivity contribution is -0.161. The molecule has 0 saturated carbocycles. The van der Waals surface area contributed by atoms with Crippen molar-refractivity contribution in [3.8, 4) is 0 Å². The number of hydrogen-bond donors (Lipinski definition) is 2. The predicted octanol–water partition coefficient (Wildman–Crippen LogP) is 28.4. The topological polar surface area (TPSA) is 134 Å². The van der Waals surface area contributed by atoms with E-state index in [0.29, 0.717) is 6.42 Å². The molecular formula is C84H164NO8P. The zero-order valence-electron chi connectivity index (χ0n) is 63.2. The van der Waals surface area contributed by atoms with Crippen molar-refractivity contribution in [2.45, 2.75) is 476 Å². The number of hydrogen-bond acceptors (Lipinski definition) is 8. The maximum Gasteiger partial charge on any atom is 0.472 e. The van der Waals surface area contributed by atoms with Crippen LogP contribution in [0.15, 0.2) is 24.3 Å². The molecule has 0 saturated heterocycles. The average molecular weight is 1350 g/mol. The Labute approximate surface area is 586 Å². The van der Waals surface area contributed by atoms with Gasteiger partial charge in [-0.25, -0.2) is 4.57 Å². The first-order valence-electron chi connectivity index (χ1n) is 42.3. The first kappa shape index (κ1) is 92.5. The van der Waals surface area contributed by atoms with E-state index < -0.39 is 26.5 Å². The molecule has 0 aromatic rings. The van der Waals surface area contributed by atoms with E-state index in [1.807, 2.05) is 0 Å². The van der Waals surface area contributed by atoms with Crippen molar-refractivity contribution >= 4 is 19.8 Å². The summed E-state index contributed by atoms with van der Waals surface area (Å²) in [5.74, 6) is -0.797. The minimum absolute atomic E-state index is 0.0576. The van der Waals surface area contributed by atoms with E-state index in [-0.39, 0.29) is 38.6 Å². The van der Waals surface area contributed by atoms with Crippen molar-refractivity contribution in [2.24, 2.45) is 5.73 Å². The second kappa shape index (κ2) is 80.5. The van der Waals surface area contributed by atoms with Crippen LogP contribution in [0.1, 0.15) is 470 Å². The minimum atomic E-state index is -4.39. The first-order chi connectivity index (χ1) is 46.3. The molecule has 9 nitrogen and oxygen atoms in total. The summed E-state index contributed by atoms with van der Waals surface area (Å²) in [4.78, 5) is 35.5. The van der Waals surface area contributed by atoms with Gasteiger partial charge < -0.3 is 20.1 Å². The number of nitrogens with two attached hydrogens (primary N) is 1. The Kier molecular flexibility index (Phi) is 79.2. The van der Waals surface area contributed by atoms with Crippen LogP contribution in [-0.2, 0) is 32.7 Å². The highest BCUT2D eigenvalue weighted by molar-refractivity contribution is 7.47. The molecule has 2 atom stereocenters. The van der Waals surface area contributed by atoms with Crippen LogP contribution in [0.5, 0.6) is 0 Å².